The number of carbonyl (C=O) groups is 1. The van der Waals surface area contributed by atoms with Gasteiger partial charge in [-0.2, -0.15) is 0 Å². The van der Waals surface area contributed by atoms with E-state index in [-0.39, 0.29) is 5.91 Å². The second-order valence-corrected chi connectivity index (χ2v) is 6.37. The molecule has 0 atom stereocenters. The predicted molar refractivity (Wildman–Crippen MR) is 95.6 cm³/mol. The Morgan fingerprint density at radius 2 is 1.92 bits per heavy atom. The van der Waals surface area contributed by atoms with Gasteiger partial charge in [-0.05, 0) is 23.6 Å². The summed E-state index contributed by atoms with van der Waals surface area (Å²) in [5.41, 5.74) is 2.77. The molecule has 0 fully saturated rings. The summed E-state index contributed by atoms with van der Waals surface area (Å²) in [6, 6.07) is 15.8. The van der Waals surface area contributed by atoms with Gasteiger partial charge in [0.05, 0.1) is 18.1 Å². The Kier molecular flexibility index (Phi) is 4.65. The number of hydrogen-bond donors (Lipinski definition) is 0. The van der Waals surface area contributed by atoms with Crippen LogP contribution in [-0.4, -0.2) is 22.6 Å². The maximum absolute atomic E-state index is 12.8. The summed E-state index contributed by atoms with van der Waals surface area (Å²) in [4.78, 5) is 17.5. The Morgan fingerprint density at radius 3 is 2.58 bits per heavy atom. The molecule has 0 saturated carbocycles. The van der Waals surface area contributed by atoms with Crippen molar-refractivity contribution >= 4 is 16.9 Å². The quantitative estimate of drug-likeness (QED) is 0.702. The Balaban J connectivity index is 2.10. The van der Waals surface area contributed by atoms with E-state index in [0.717, 1.165) is 28.2 Å². The van der Waals surface area contributed by atoms with E-state index in [4.69, 9.17) is 9.72 Å². The Hall–Kier alpha value is -2.62. The summed E-state index contributed by atoms with van der Waals surface area (Å²) in [7, 11) is 1.63. The predicted octanol–water partition coefficient (Wildman–Crippen LogP) is 4.32. The van der Waals surface area contributed by atoms with Crippen LogP contribution in [0, 0.1) is 5.92 Å². The van der Waals surface area contributed by atoms with Gasteiger partial charge < -0.3 is 4.74 Å². The molecule has 3 rings (SSSR count). The molecule has 0 saturated heterocycles. The average molecular weight is 322 g/mol. The van der Waals surface area contributed by atoms with Crippen LogP contribution in [0.25, 0.3) is 11.0 Å². The fourth-order valence-electron chi connectivity index (χ4n) is 2.85. The van der Waals surface area contributed by atoms with Gasteiger partial charge in [0, 0.05) is 18.9 Å². The number of ether oxygens (including phenoxy) is 1. The van der Waals surface area contributed by atoms with Crippen molar-refractivity contribution in [1.82, 2.24) is 9.55 Å². The lowest BCUT2D eigenvalue weighted by atomic mass is 10.1. The molecule has 4 nitrogen and oxygen atoms in total. The van der Waals surface area contributed by atoms with Crippen LogP contribution in [-0.2, 0) is 6.42 Å². The number of imidazole rings is 1. The first-order valence-electron chi connectivity index (χ1n) is 8.21. The molecule has 0 aliphatic rings. The van der Waals surface area contributed by atoms with Crippen molar-refractivity contribution in [1.29, 1.82) is 0 Å². The van der Waals surface area contributed by atoms with Gasteiger partial charge in [0.25, 0.3) is 0 Å². The van der Waals surface area contributed by atoms with E-state index in [0.29, 0.717) is 18.8 Å². The number of benzene rings is 2. The second-order valence-electron chi connectivity index (χ2n) is 6.37. The summed E-state index contributed by atoms with van der Waals surface area (Å²) in [5.74, 6) is 1.87. The molecule has 0 aliphatic heterocycles. The van der Waals surface area contributed by atoms with Gasteiger partial charge in [0.1, 0.15) is 11.6 Å². The highest BCUT2D eigenvalue weighted by Crippen LogP contribution is 2.24. The zero-order valence-corrected chi connectivity index (χ0v) is 14.3. The van der Waals surface area contributed by atoms with Crippen molar-refractivity contribution in [3.05, 3.63) is 59.9 Å². The number of rotatable bonds is 5. The van der Waals surface area contributed by atoms with E-state index in [1.165, 1.54) is 0 Å². The molecule has 0 N–H and O–H groups in total. The van der Waals surface area contributed by atoms with Gasteiger partial charge in [0.2, 0.25) is 5.91 Å². The molecule has 24 heavy (non-hydrogen) atoms. The third-order valence-corrected chi connectivity index (χ3v) is 3.97. The lowest BCUT2D eigenvalue weighted by Gasteiger charge is -2.10. The SMILES string of the molecule is COc1ccc2nc(Cc3ccccc3)n(C(=O)CC(C)C)c2c1. The van der Waals surface area contributed by atoms with Crippen molar-refractivity contribution in [2.24, 2.45) is 5.92 Å². The van der Waals surface area contributed by atoms with E-state index in [9.17, 15) is 4.79 Å². The zero-order chi connectivity index (χ0) is 17.1. The molecule has 0 unspecified atom stereocenters. The first-order valence-corrected chi connectivity index (χ1v) is 8.21. The van der Waals surface area contributed by atoms with Gasteiger partial charge in [-0.3, -0.25) is 9.36 Å². The second kappa shape index (κ2) is 6.87. The van der Waals surface area contributed by atoms with Crippen LogP contribution in [0.2, 0.25) is 0 Å². The molecule has 3 aromatic rings. The van der Waals surface area contributed by atoms with Gasteiger partial charge in [-0.15, -0.1) is 0 Å². The highest BCUT2D eigenvalue weighted by molar-refractivity contribution is 5.92. The summed E-state index contributed by atoms with van der Waals surface area (Å²) in [6.45, 7) is 4.10. The minimum Gasteiger partial charge on any atom is -0.497 e. The van der Waals surface area contributed by atoms with E-state index >= 15 is 0 Å². The summed E-state index contributed by atoms with van der Waals surface area (Å²) in [6.07, 6.45) is 1.12. The largest absolute Gasteiger partial charge is 0.497 e. The Labute approximate surface area is 142 Å². The first kappa shape index (κ1) is 16.2. The van der Waals surface area contributed by atoms with E-state index in [1.807, 2.05) is 36.4 Å². The number of methoxy groups -OCH3 is 1. The molecule has 2 aromatic carbocycles. The van der Waals surface area contributed by atoms with Gasteiger partial charge in [-0.25, -0.2) is 4.98 Å². The molecular formula is C20H22N2O2. The van der Waals surface area contributed by atoms with Crippen LogP contribution < -0.4 is 4.74 Å². The van der Waals surface area contributed by atoms with Crippen molar-refractivity contribution in [2.75, 3.05) is 7.11 Å². The topological polar surface area (TPSA) is 44.1 Å². The van der Waals surface area contributed by atoms with Gasteiger partial charge >= 0.3 is 0 Å². The van der Waals surface area contributed by atoms with E-state index in [1.54, 1.807) is 11.7 Å². The van der Waals surface area contributed by atoms with E-state index < -0.39 is 0 Å². The number of nitrogens with zero attached hydrogens (tertiary/aromatic N) is 2. The first-order chi connectivity index (χ1) is 11.6. The third kappa shape index (κ3) is 3.32. The van der Waals surface area contributed by atoms with Gasteiger partial charge in [0.15, 0.2) is 0 Å². The highest BCUT2D eigenvalue weighted by atomic mass is 16.5. The molecule has 0 radical (unpaired) electrons. The van der Waals surface area contributed by atoms with Crippen LogP contribution >= 0.6 is 0 Å². The molecule has 124 valence electrons. The molecule has 0 aliphatic carbocycles. The maximum Gasteiger partial charge on any atom is 0.232 e. The number of hydrogen-bond acceptors (Lipinski definition) is 3. The standard InChI is InChI=1S/C20H22N2O2/c1-14(2)11-20(23)22-18-13-16(24-3)9-10-17(18)21-19(22)12-15-7-5-4-6-8-15/h4-10,13-14H,11-12H2,1-3H3. The zero-order valence-electron chi connectivity index (χ0n) is 14.3. The van der Waals surface area contributed by atoms with Crippen molar-refractivity contribution in [3.8, 4) is 5.75 Å². The van der Waals surface area contributed by atoms with Crippen LogP contribution in [0.3, 0.4) is 0 Å². The summed E-state index contributed by atoms with van der Waals surface area (Å²) >= 11 is 0. The molecular weight excluding hydrogens is 300 g/mol. The Bertz CT molecular complexity index is 851. The van der Waals surface area contributed by atoms with Gasteiger partial charge in [-0.1, -0.05) is 44.2 Å². The van der Waals surface area contributed by atoms with Crippen LogP contribution in [0.4, 0.5) is 0 Å². The number of fused-ring (bicyclic) bond motifs is 1. The van der Waals surface area contributed by atoms with Crippen molar-refractivity contribution in [3.63, 3.8) is 0 Å². The molecule has 1 heterocycles. The molecule has 0 bridgehead atoms. The highest BCUT2D eigenvalue weighted by Gasteiger charge is 2.18. The summed E-state index contributed by atoms with van der Waals surface area (Å²) < 4.78 is 7.07. The van der Waals surface area contributed by atoms with Crippen LogP contribution in [0.5, 0.6) is 5.75 Å². The Morgan fingerprint density at radius 1 is 1.17 bits per heavy atom. The fourth-order valence-corrected chi connectivity index (χ4v) is 2.85. The monoisotopic (exact) mass is 322 g/mol. The lowest BCUT2D eigenvalue weighted by molar-refractivity contribution is 0.0888. The number of carbonyl (C=O) groups excluding carboxylic acids is 1. The summed E-state index contributed by atoms with van der Waals surface area (Å²) in [5, 5.41) is 0. The molecule has 0 amide bonds. The van der Waals surface area contributed by atoms with Crippen molar-refractivity contribution < 1.29 is 9.53 Å². The van der Waals surface area contributed by atoms with E-state index in [2.05, 4.69) is 26.0 Å². The minimum atomic E-state index is 0.0756. The fraction of sp³-hybridized carbons (Fsp3) is 0.300. The smallest absolute Gasteiger partial charge is 0.232 e. The maximum atomic E-state index is 12.8. The lowest BCUT2D eigenvalue weighted by Crippen LogP contribution is -2.16. The van der Waals surface area contributed by atoms with Crippen LogP contribution in [0.15, 0.2) is 48.5 Å². The van der Waals surface area contributed by atoms with Crippen LogP contribution in [0.1, 0.15) is 36.5 Å². The minimum absolute atomic E-state index is 0.0756. The molecule has 1 aromatic heterocycles. The third-order valence-electron chi connectivity index (χ3n) is 3.97. The normalized spacial score (nSPS) is 11.2. The van der Waals surface area contributed by atoms with Crippen molar-refractivity contribution in [2.45, 2.75) is 26.7 Å². The molecule has 0 spiro atoms. The molecule has 4 heteroatoms. The number of aromatic nitrogens is 2. The average Bonchev–Trinajstić information content (AvgIpc) is 2.91.